The molecule has 3 nitrogen and oxygen atoms in total. The molecule has 0 unspecified atom stereocenters. The predicted molar refractivity (Wildman–Crippen MR) is 97.5 cm³/mol. The van der Waals surface area contributed by atoms with E-state index in [9.17, 15) is 9.18 Å². The van der Waals surface area contributed by atoms with Gasteiger partial charge in [-0.3, -0.25) is 14.7 Å². The fraction of sp³-hybridized carbons (Fsp3) is 0.176. The number of thioether (sulfide) groups is 1. The molecule has 0 radical (unpaired) electrons. The molecule has 0 aromatic heterocycles. The second-order valence-electron chi connectivity index (χ2n) is 5.13. The number of aliphatic imine (C=N–C) groups is 1. The normalized spacial score (nSPS) is 14.0. The highest BCUT2D eigenvalue weighted by atomic mass is 35.5. The van der Waals surface area contributed by atoms with Crippen LogP contribution in [0.3, 0.4) is 0 Å². The van der Waals surface area contributed by atoms with Crippen molar-refractivity contribution >= 4 is 46.0 Å². The van der Waals surface area contributed by atoms with Gasteiger partial charge in [0.15, 0.2) is 5.17 Å². The molecule has 0 spiro atoms. The third kappa shape index (κ3) is 3.74. The molecule has 1 aliphatic heterocycles. The Bertz CT molecular complexity index is 775. The maximum atomic E-state index is 14.0. The summed E-state index contributed by atoms with van der Waals surface area (Å²) in [7, 11) is 0. The molecular weight excluding hydrogens is 370 g/mol. The van der Waals surface area contributed by atoms with Gasteiger partial charge in [-0.2, -0.15) is 0 Å². The molecule has 0 saturated carbocycles. The maximum Gasteiger partial charge on any atom is 0.264 e. The molecule has 0 atom stereocenters. The van der Waals surface area contributed by atoms with Crippen molar-refractivity contribution < 1.29 is 9.18 Å². The first kappa shape index (κ1) is 17.3. The van der Waals surface area contributed by atoms with Gasteiger partial charge in [0.25, 0.3) is 5.91 Å². The molecule has 7 heteroatoms. The van der Waals surface area contributed by atoms with E-state index in [0.717, 1.165) is 5.56 Å². The molecule has 3 rings (SSSR count). The Hall–Kier alpha value is -1.56. The number of carbonyl (C=O) groups excluding carboxylic acids is 1. The fourth-order valence-electron chi connectivity index (χ4n) is 2.30. The summed E-state index contributed by atoms with van der Waals surface area (Å²) in [5.41, 5.74) is 0.955. The summed E-state index contributed by atoms with van der Waals surface area (Å²) in [6.45, 7) is 0.924. The average Bonchev–Trinajstić information content (AvgIpc) is 3.02. The Morgan fingerprint density at radius 1 is 1.21 bits per heavy atom. The third-order valence-electron chi connectivity index (χ3n) is 3.50. The second kappa shape index (κ2) is 7.55. The Kier molecular flexibility index (Phi) is 5.43. The van der Waals surface area contributed by atoms with Crippen LogP contribution in [-0.4, -0.2) is 29.1 Å². The van der Waals surface area contributed by atoms with E-state index >= 15 is 0 Å². The van der Waals surface area contributed by atoms with Crippen molar-refractivity contribution in [1.29, 1.82) is 0 Å². The van der Waals surface area contributed by atoms with Gasteiger partial charge in [0, 0.05) is 17.3 Å². The number of benzene rings is 2. The van der Waals surface area contributed by atoms with E-state index in [1.165, 1.54) is 34.9 Å². The molecule has 1 amide bonds. The molecule has 1 heterocycles. The molecule has 0 fully saturated rings. The van der Waals surface area contributed by atoms with Crippen LogP contribution in [0.5, 0.6) is 0 Å². The number of halogens is 3. The number of hydrogen-bond acceptors (Lipinski definition) is 3. The first-order valence-corrected chi connectivity index (χ1v) is 8.98. The number of amides is 1. The molecule has 124 valence electrons. The lowest BCUT2D eigenvalue weighted by Crippen LogP contribution is -2.33. The fourth-order valence-corrected chi connectivity index (χ4v) is 3.67. The van der Waals surface area contributed by atoms with Gasteiger partial charge >= 0.3 is 0 Å². The molecule has 0 saturated heterocycles. The monoisotopic (exact) mass is 382 g/mol. The van der Waals surface area contributed by atoms with Gasteiger partial charge in [0.2, 0.25) is 0 Å². The number of carbonyl (C=O) groups is 1. The van der Waals surface area contributed by atoms with E-state index in [4.69, 9.17) is 23.2 Å². The van der Waals surface area contributed by atoms with Gasteiger partial charge in [0.1, 0.15) is 5.82 Å². The highest BCUT2D eigenvalue weighted by molar-refractivity contribution is 8.13. The number of nitrogens with zero attached hydrogens (tertiary/aromatic N) is 2. The van der Waals surface area contributed by atoms with Crippen LogP contribution < -0.4 is 0 Å². The van der Waals surface area contributed by atoms with Gasteiger partial charge < -0.3 is 0 Å². The topological polar surface area (TPSA) is 32.7 Å². The van der Waals surface area contributed by atoms with Gasteiger partial charge in [0.05, 0.1) is 17.1 Å². The minimum atomic E-state index is -0.624. The zero-order chi connectivity index (χ0) is 17.1. The van der Waals surface area contributed by atoms with Crippen molar-refractivity contribution in [2.75, 3.05) is 13.1 Å². The number of amidine groups is 1. The standard InChI is InChI=1S/C17H13Cl2FN2OS/c18-12-6-4-11(5-7-12)10-24-17-21-8-9-22(17)16(23)15-13(19)2-1-3-14(15)20/h1-7H,8-10H2. The molecule has 0 N–H and O–H groups in total. The molecule has 0 bridgehead atoms. The minimum Gasteiger partial charge on any atom is -0.285 e. The van der Waals surface area contributed by atoms with Crippen LogP contribution in [0, 0.1) is 5.82 Å². The largest absolute Gasteiger partial charge is 0.285 e. The lowest BCUT2D eigenvalue weighted by atomic mass is 10.2. The van der Waals surface area contributed by atoms with E-state index in [1.807, 2.05) is 24.3 Å². The smallest absolute Gasteiger partial charge is 0.264 e. The second-order valence-corrected chi connectivity index (χ2v) is 6.92. The van der Waals surface area contributed by atoms with Crippen LogP contribution >= 0.6 is 35.0 Å². The Morgan fingerprint density at radius 2 is 1.96 bits per heavy atom. The van der Waals surface area contributed by atoms with Crippen molar-refractivity contribution in [1.82, 2.24) is 4.90 Å². The summed E-state index contributed by atoms with van der Waals surface area (Å²) in [5.74, 6) is -0.440. The van der Waals surface area contributed by atoms with E-state index in [-0.39, 0.29) is 10.6 Å². The quantitative estimate of drug-likeness (QED) is 0.757. The summed E-state index contributed by atoms with van der Waals surface area (Å²) < 4.78 is 14.0. The Balaban J connectivity index is 1.73. The predicted octanol–water partition coefficient (Wildman–Crippen LogP) is 4.88. The molecule has 2 aromatic carbocycles. The van der Waals surface area contributed by atoms with Crippen LogP contribution in [0.25, 0.3) is 0 Å². The van der Waals surface area contributed by atoms with E-state index in [2.05, 4.69) is 4.99 Å². The van der Waals surface area contributed by atoms with Gasteiger partial charge in [-0.15, -0.1) is 0 Å². The van der Waals surface area contributed by atoms with E-state index in [0.29, 0.717) is 29.0 Å². The van der Waals surface area contributed by atoms with Gasteiger partial charge in [-0.05, 0) is 29.8 Å². The van der Waals surface area contributed by atoms with Gasteiger partial charge in [-0.25, -0.2) is 4.39 Å². The van der Waals surface area contributed by atoms with E-state index < -0.39 is 11.7 Å². The minimum absolute atomic E-state index is 0.106. The van der Waals surface area contributed by atoms with Crippen molar-refractivity contribution in [3.8, 4) is 0 Å². The van der Waals surface area contributed by atoms with Crippen LogP contribution in [0.15, 0.2) is 47.5 Å². The molecule has 24 heavy (non-hydrogen) atoms. The Morgan fingerprint density at radius 3 is 2.67 bits per heavy atom. The van der Waals surface area contributed by atoms with Crippen LogP contribution in [0.1, 0.15) is 15.9 Å². The van der Waals surface area contributed by atoms with Crippen LogP contribution in [0.2, 0.25) is 10.0 Å². The van der Waals surface area contributed by atoms with Crippen molar-refractivity contribution in [2.24, 2.45) is 4.99 Å². The summed E-state index contributed by atoms with van der Waals surface area (Å²) in [6, 6.07) is 11.7. The average molecular weight is 383 g/mol. The SMILES string of the molecule is O=C(c1c(F)cccc1Cl)N1CCN=C1SCc1ccc(Cl)cc1. The molecule has 0 aliphatic carbocycles. The zero-order valence-corrected chi connectivity index (χ0v) is 14.8. The number of hydrogen-bond donors (Lipinski definition) is 0. The lowest BCUT2D eigenvalue weighted by molar-refractivity contribution is 0.0856. The molecular formula is C17H13Cl2FN2OS. The zero-order valence-electron chi connectivity index (χ0n) is 12.5. The lowest BCUT2D eigenvalue weighted by Gasteiger charge is -2.19. The summed E-state index contributed by atoms with van der Waals surface area (Å²) in [5, 5.41) is 1.36. The summed E-state index contributed by atoms with van der Waals surface area (Å²) in [6.07, 6.45) is 0. The van der Waals surface area contributed by atoms with Crippen LogP contribution in [0.4, 0.5) is 4.39 Å². The molecule has 2 aromatic rings. The first-order chi connectivity index (χ1) is 11.6. The Labute approximate surface area is 153 Å². The van der Waals surface area contributed by atoms with Crippen LogP contribution in [-0.2, 0) is 5.75 Å². The third-order valence-corrected chi connectivity index (χ3v) is 5.16. The number of rotatable bonds is 3. The van der Waals surface area contributed by atoms with Gasteiger partial charge in [-0.1, -0.05) is 53.2 Å². The first-order valence-electron chi connectivity index (χ1n) is 7.24. The highest BCUT2D eigenvalue weighted by Gasteiger charge is 2.28. The summed E-state index contributed by atoms with van der Waals surface area (Å²) >= 11 is 13.3. The van der Waals surface area contributed by atoms with Crippen molar-refractivity contribution in [3.63, 3.8) is 0 Å². The molecule has 1 aliphatic rings. The highest BCUT2D eigenvalue weighted by Crippen LogP contribution is 2.26. The maximum absolute atomic E-state index is 14.0. The van der Waals surface area contributed by atoms with Crippen molar-refractivity contribution in [3.05, 3.63) is 69.5 Å². The summed E-state index contributed by atoms with van der Waals surface area (Å²) in [4.78, 5) is 18.5. The van der Waals surface area contributed by atoms with Crippen molar-refractivity contribution in [2.45, 2.75) is 5.75 Å². The van der Waals surface area contributed by atoms with E-state index in [1.54, 1.807) is 0 Å².